The molecule has 5 nitrogen and oxygen atoms in total. The van der Waals surface area contributed by atoms with Gasteiger partial charge >= 0.3 is 0 Å². The van der Waals surface area contributed by atoms with E-state index >= 15 is 0 Å². The summed E-state index contributed by atoms with van der Waals surface area (Å²) in [5.74, 6) is -0.265. The number of aryl methyl sites for hydroxylation is 1. The van der Waals surface area contributed by atoms with Crippen LogP contribution in [0.15, 0.2) is 42.5 Å². The molecule has 0 aromatic heterocycles. The molecule has 1 heterocycles. The van der Waals surface area contributed by atoms with Crippen LogP contribution in [0.2, 0.25) is 0 Å². The molecule has 3 rings (SSSR count). The molecule has 0 aliphatic carbocycles. The second kappa shape index (κ2) is 8.67. The number of rotatable bonds is 6. The number of phenolic OH excluding ortho intramolecular Hbond substituents is 1. The van der Waals surface area contributed by atoms with Crippen LogP contribution < -0.4 is 10.1 Å². The highest BCUT2D eigenvalue weighted by molar-refractivity contribution is 6.14. The number of ketones is 1. The van der Waals surface area contributed by atoms with Crippen molar-refractivity contribution in [1.82, 2.24) is 5.32 Å². The van der Waals surface area contributed by atoms with Crippen molar-refractivity contribution < 1.29 is 19.4 Å². The summed E-state index contributed by atoms with van der Waals surface area (Å²) in [6.07, 6.45) is 6.26. The van der Waals surface area contributed by atoms with Crippen molar-refractivity contribution in [3.63, 3.8) is 0 Å². The fourth-order valence-electron chi connectivity index (χ4n) is 3.27. The molecule has 2 aromatic carbocycles. The number of nitrogens with one attached hydrogen (secondary N) is 1. The summed E-state index contributed by atoms with van der Waals surface area (Å²) in [7, 11) is 1.48. The first-order valence-corrected chi connectivity index (χ1v) is 9.13. The molecule has 144 valence electrons. The zero-order valence-electron chi connectivity index (χ0n) is 16.0. The van der Waals surface area contributed by atoms with Gasteiger partial charge in [-0.05, 0) is 43.2 Å². The van der Waals surface area contributed by atoms with Gasteiger partial charge in [-0.1, -0.05) is 42.0 Å². The van der Waals surface area contributed by atoms with Gasteiger partial charge in [-0.2, -0.15) is 0 Å². The lowest BCUT2D eigenvalue weighted by atomic mass is 9.91. The van der Waals surface area contributed by atoms with Crippen LogP contribution in [-0.2, 0) is 0 Å². The zero-order chi connectivity index (χ0) is 20.1. The highest BCUT2D eigenvalue weighted by atomic mass is 16.5. The Morgan fingerprint density at radius 3 is 2.61 bits per heavy atom. The third-order valence-electron chi connectivity index (χ3n) is 4.78. The van der Waals surface area contributed by atoms with Crippen LogP contribution in [0.4, 0.5) is 0 Å². The van der Waals surface area contributed by atoms with E-state index in [1.807, 2.05) is 37.3 Å². The van der Waals surface area contributed by atoms with Gasteiger partial charge in [0.2, 0.25) is 0 Å². The van der Waals surface area contributed by atoms with Gasteiger partial charge in [0, 0.05) is 12.1 Å². The molecule has 5 heteroatoms. The van der Waals surface area contributed by atoms with Crippen LogP contribution in [-0.4, -0.2) is 37.4 Å². The lowest BCUT2D eigenvalue weighted by Gasteiger charge is -2.20. The Balaban J connectivity index is 2.05. The highest BCUT2D eigenvalue weighted by Gasteiger charge is 2.24. The molecule has 2 aromatic rings. The van der Waals surface area contributed by atoms with E-state index in [0.29, 0.717) is 30.6 Å². The molecule has 0 amide bonds. The van der Waals surface area contributed by atoms with Crippen molar-refractivity contribution in [1.29, 1.82) is 0 Å². The zero-order valence-corrected chi connectivity index (χ0v) is 16.0. The molecule has 0 bridgehead atoms. The van der Waals surface area contributed by atoms with E-state index in [2.05, 4.69) is 5.32 Å². The van der Waals surface area contributed by atoms with E-state index in [0.717, 1.165) is 23.2 Å². The largest absolute Gasteiger partial charge is 0.506 e. The van der Waals surface area contributed by atoms with Crippen LogP contribution in [0.1, 0.15) is 43.8 Å². The van der Waals surface area contributed by atoms with Crippen molar-refractivity contribution in [2.24, 2.45) is 0 Å². The number of hydrogen-bond donors (Lipinski definition) is 2. The molecule has 0 saturated carbocycles. The Morgan fingerprint density at radius 1 is 1.25 bits per heavy atom. The van der Waals surface area contributed by atoms with Crippen molar-refractivity contribution >= 4 is 23.7 Å². The smallest absolute Gasteiger partial charge is 0.190 e. The number of hydrogen-bond acceptors (Lipinski definition) is 5. The van der Waals surface area contributed by atoms with Crippen molar-refractivity contribution in [2.45, 2.75) is 13.3 Å². The fraction of sp³-hybridized carbons (Fsp3) is 0.217. The topological polar surface area (TPSA) is 75.6 Å². The number of ether oxygens (including phenoxy) is 1. The average Bonchev–Trinajstić information content (AvgIpc) is 2.72. The maximum atomic E-state index is 12.8. The summed E-state index contributed by atoms with van der Waals surface area (Å²) in [6, 6.07) is 9.22. The predicted molar refractivity (Wildman–Crippen MR) is 110 cm³/mol. The number of aromatic hydroxyl groups is 1. The second-order valence-corrected chi connectivity index (χ2v) is 6.68. The summed E-state index contributed by atoms with van der Waals surface area (Å²) in [6.45, 7) is 3.42. The lowest BCUT2D eigenvalue weighted by molar-refractivity contribution is 0.103. The van der Waals surface area contributed by atoms with Gasteiger partial charge in [0.05, 0.1) is 18.2 Å². The summed E-state index contributed by atoms with van der Waals surface area (Å²) in [5, 5.41) is 14.1. The summed E-state index contributed by atoms with van der Waals surface area (Å²) < 4.78 is 5.39. The predicted octanol–water partition coefficient (Wildman–Crippen LogP) is 3.79. The molecule has 28 heavy (non-hydrogen) atoms. The number of aldehydes is 1. The SMILES string of the molecule is COc1cc(C=O)c(C(=O)/C=C/c2ccc(C)cc2)c(O)c1C1=CCNCC1. The molecule has 0 fully saturated rings. The van der Waals surface area contributed by atoms with Crippen LogP contribution in [0.3, 0.4) is 0 Å². The molecule has 0 atom stereocenters. The van der Waals surface area contributed by atoms with Crippen LogP contribution >= 0.6 is 0 Å². The molecule has 1 aliphatic heterocycles. The molecule has 0 saturated heterocycles. The Morgan fingerprint density at radius 2 is 2.00 bits per heavy atom. The number of carbonyl (C=O) groups excluding carboxylic acids is 2. The standard InChI is InChI=1S/C23H23NO4/c1-15-3-5-16(6-4-15)7-8-19(26)21-18(14-25)13-20(28-2)22(23(21)27)17-9-11-24-12-10-17/h3-9,13-14,24,27H,10-12H2,1-2H3/b8-7+. The fourth-order valence-corrected chi connectivity index (χ4v) is 3.27. The van der Waals surface area contributed by atoms with Gasteiger partial charge in [-0.3, -0.25) is 9.59 Å². The molecule has 0 radical (unpaired) electrons. The molecule has 0 unspecified atom stereocenters. The molecule has 0 spiro atoms. The Kier molecular flexibility index (Phi) is 6.06. The molecular weight excluding hydrogens is 354 g/mol. The van der Waals surface area contributed by atoms with Gasteiger partial charge in [0.1, 0.15) is 11.5 Å². The molecular formula is C23H23NO4. The summed E-state index contributed by atoms with van der Waals surface area (Å²) in [5.41, 5.74) is 3.45. The van der Waals surface area contributed by atoms with E-state index in [1.54, 1.807) is 6.08 Å². The third kappa shape index (κ3) is 4.05. The first kappa shape index (κ1) is 19.6. The van der Waals surface area contributed by atoms with Gasteiger partial charge in [-0.25, -0.2) is 0 Å². The van der Waals surface area contributed by atoms with Crippen molar-refractivity contribution in [3.05, 3.63) is 70.3 Å². The first-order chi connectivity index (χ1) is 13.5. The Bertz CT molecular complexity index is 956. The van der Waals surface area contributed by atoms with E-state index in [1.165, 1.54) is 19.3 Å². The average molecular weight is 377 g/mol. The van der Waals surface area contributed by atoms with Crippen LogP contribution in [0.25, 0.3) is 11.6 Å². The Hall–Kier alpha value is -3.18. The van der Waals surface area contributed by atoms with E-state index in [9.17, 15) is 14.7 Å². The van der Waals surface area contributed by atoms with Gasteiger partial charge in [0.25, 0.3) is 0 Å². The summed E-state index contributed by atoms with van der Waals surface area (Å²) in [4.78, 5) is 24.4. The minimum atomic E-state index is -0.432. The second-order valence-electron chi connectivity index (χ2n) is 6.68. The minimum absolute atomic E-state index is 0.00593. The van der Waals surface area contributed by atoms with E-state index < -0.39 is 5.78 Å². The first-order valence-electron chi connectivity index (χ1n) is 9.13. The van der Waals surface area contributed by atoms with Crippen molar-refractivity contribution in [3.8, 4) is 11.5 Å². The monoisotopic (exact) mass is 377 g/mol. The Labute approximate surface area is 164 Å². The molecule has 1 aliphatic rings. The highest BCUT2D eigenvalue weighted by Crippen LogP contribution is 2.40. The maximum Gasteiger partial charge on any atom is 0.190 e. The third-order valence-corrected chi connectivity index (χ3v) is 4.78. The van der Waals surface area contributed by atoms with Gasteiger partial charge in [-0.15, -0.1) is 0 Å². The van der Waals surface area contributed by atoms with Gasteiger partial charge < -0.3 is 15.2 Å². The number of allylic oxidation sites excluding steroid dienone is 1. The number of methoxy groups -OCH3 is 1. The minimum Gasteiger partial charge on any atom is -0.506 e. The number of carbonyl (C=O) groups is 2. The maximum absolute atomic E-state index is 12.8. The number of phenols is 1. The van der Waals surface area contributed by atoms with Crippen molar-refractivity contribution in [2.75, 3.05) is 20.2 Å². The van der Waals surface area contributed by atoms with Crippen LogP contribution in [0.5, 0.6) is 11.5 Å². The number of benzene rings is 2. The normalized spacial score (nSPS) is 14.0. The summed E-state index contributed by atoms with van der Waals surface area (Å²) >= 11 is 0. The molecule has 2 N–H and O–H groups in total. The quantitative estimate of drug-likeness (QED) is 0.455. The van der Waals surface area contributed by atoms with E-state index in [4.69, 9.17) is 4.74 Å². The van der Waals surface area contributed by atoms with Gasteiger partial charge in [0.15, 0.2) is 12.1 Å². The lowest BCUT2D eigenvalue weighted by Crippen LogP contribution is -2.20. The van der Waals surface area contributed by atoms with Crippen LogP contribution in [0, 0.1) is 6.92 Å². The van der Waals surface area contributed by atoms with E-state index in [-0.39, 0.29) is 16.9 Å².